The van der Waals surface area contributed by atoms with Gasteiger partial charge in [-0.15, -0.1) is 16.4 Å². The summed E-state index contributed by atoms with van der Waals surface area (Å²) >= 11 is 1.66. The largest absolute Gasteiger partial charge is 0.372 e. The number of aromatic nitrogens is 3. The van der Waals surface area contributed by atoms with Gasteiger partial charge in [-0.3, -0.25) is 4.79 Å². The minimum Gasteiger partial charge on any atom is -0.372 e. The van der Waals surface area contributed by atoms with Gasteiger partial charge in [-0.25, -0.2) is 4.68 Å². The molecule has 1 aliphatic carbocycles. The molecule has 2 aromatic heterocycles. The number of hydrogen-bond donors (Lipinski definition) is 1. The molecular weight excluding hydrogens is 418 g/mol. The summed E-state index contributed by atoms with van der Waals surface area (Å²) in [6, 6.07) is 12.3. The van der Waals surface area contributed by atoms with Gasteiger partial charge in [-0.1, -0.05) is 19.9 Å². The molecule has 32 heavy (non-hydrogen) atoms. The number of fused-ring (bicyclic) bond motifs is 1. The van der Waals surface area contributed by atoms with Gasteiger partial charge in [0.2, 0.25) is 5.95 Å². The van der Waals surface area contributed by atoms with Crippen LogP contribution in [-0.2, 0) is 4.79 Å². The molecule has 0 amide bonds. The molecule has 2 aliphatic rings. The van der Waals surface area contributed by atoms with Gasteiger partial charge < -0.3 is 10.2 Å². The van der Waals surface area contributed by atoms with Crippen molar-refractivity contribution in [1.29, 1.82) is 0 Å². The van der Waals surface area contributed by atoms with Crippen LogP contribution >= 0.6 is 11.3 Å². The average Bonchev–Trinajstić information content (AvgIpc) is 3.43. The average molecular weight is 448 g/mol. The van der Waals surface area contributed by atoms with Gasteiger partial charge >= 0.3 is 0 Å². The molecule has 1 atom stereocenters. The summed E-state index contributed by atoms with van der Waals surface area (Å²) in [5, 5.41) is 10.4. The number of Topliss-reactive ketones (excluding diaryl/α,β-unsaturated/α-hetero) is 1. The number of rotatable bonds is 5. The van der Waals surface area contributed by atoms with E-state index in [2.05, 4.69) is 73.6 Å². The molecule has 0 bridgehead atoms. The summed E-state index contributed by atoms with van der Waals surface area (Å²) in [5.74, 6) is 1.58. The maximum absolute atomic E-state index is 13.2. The highest BCUT2D eigenvalue weighted by atomic mass is 32.1. The van der Waals surface area contributed by atoms with E-state index in [1.54, 1.807) is 11.3 Å². The fourth-order valence-corrected chi connectivity index (χ4v) is 5.67. The van der Waals surface area contributed by atoms with Crippen LogP contribution in [0.3, 0.4) is 0 Å². The van der Waals surface area contributed by atoms with Gasteiger partial charge in [0.05, 0.1) is 0 Å². The monoisotopic (exact) mass is 447 g/mol. The number of carbonyl (C=O) groups excluding carboxylic acids is 1. The van der Waals surface area contributed by atoms with E-state index >= 15 is 0 Å². The molecule has 1 aromatic carbocycles. The van der Waals surface area contributed by atoms with Gasteiger partial charge in [0.15, 0.2) is 11.6 Å². The number of carbonyl (C=O) groups is 1. The Balaban J connectivity index is 1.56. The van der Waals surface area contributed by atoms with E-state index in [-0.39, 0.29) is 17.2 Å². The van der Waals surface area contributed by atoms with Crippen LogP contribution in [0.4, 0.5) is 11.6 Å². The fraction of sp³-hybridized carbons (Fsp3) is 0.400. The second kappa shape index (κ2) is 7.89. The number of hydrogen-bond acceptors (Lipinski definition) is 6. The van der Waals surface area contributed by atoms with Crippen molar-refractivity contribution in [3.05, 3.63) is 57.9 Å². The van der Waals surface area contributed by atoms with E-state index in [0.29, 0.717) is 18.2 Å². The molecule has 5 rings (SSSR count). The number of nitrogens with zero attached hydrogens (tertiary/aromatic N) is 4. The van der Waals surface area contributed by atoms with Gasteiger partial charge in [-0.05, 0) is 61.4 Å². The summed E-state index contributed by atoms with van der Waals surface area (Å²) in [4.78, 5) is 21.5. The summed E-state index contributed by atoms with van der Waals surface area (Å²) in [6.07, 6.45) is 1.38. The molecule has 1 N–H and O–H groups in total. The number of anilines is 2. The van der Waals surface area contributed by atoms with Gasteiger partial charge in [0.25, 0.3) is 0 Å². The van der Waals surface area contributed by atoms with E-state index < -0.39 is 0 Å². The molecule has 0 radical (unpaired) electrons. The highest BCUT2D eigenvalue weighted by Gasteiger charge is 2.42. The third-order valence-corrected chi connectivity index (χ3v) is 7.32. The third kappa shape index (κ3) is 3.54. The summed E-state index contributed by atoms with van der Waals surface area (Å²) < 4.78 is 1.90. The quantitative estimate of drug-likeness (QED) is 0.559. The first-order valence-corrected chi connectivity index (χ1v) is 12.2. The predicted molar refractivity (Wildman–Crippen MR) is 130 cm³/mol. The Morgan fingerprint density at radius 3 is 2.56 bits per heavy atom. The maximum atomic E-state index is 13.2. The minimum atomic E-state index is -0.221. The Hall–Kier alpha value is -2.93. The number of allylic oxidation sites excluding steroid dienone is 2. The zero-order valence-electron chi connectivity index (χ0n) is 19.1. The van der Waals surface area contributed by atoms with Crippen LogP contribution in [0.25, 0.3) is 11.4 Å². The molecule has 0 spiro atoms. The molecule has 6 nitrogen and oxygen atoms in total. The zero-order valence-corrected chi connectivity index (χ0v) is 19.9. The smallest absolute Gasteiger partial charge is 0.226 e. The lowest BCUT2D eigenvalue weighted by Crippen LogP contribution is -2.36. The number of thiophene rings is 1. The van der Waals surface area contributed by atoms with Crippen molar-refractivity contribution in [2.45, 2.75) is 46.6 Å². The lowest BCUT2D eigenvalue weighted by molar-refractivity contribution is -0.118. The Labute approximate surface area is 193 Å². The summed E-state index contributed by atoms with van der Waals surface area (Å²) in [7, 11) is 0. The fourth-order valence-electron chi connectivity index (χ4n) is 4.85. The number of ketones is 1. The molecule has 166 valence electrons. The first-order valence-electron chi connectivity index (χ1n) is 11.3. The standard InChI is InChI=1S/C25H29N5OS/c1-5-29(6-2)17-11-9-16(10-12-17)23-27-24-26-18-14-25(3,4)15-19(31)21(18)22(30(24)28-23)20-8-7-13-32-20/h7-13,22H,5-6,14-15H2,1-4H3,(H,26,27,28). The first kappa shape index (κ1) is 20.9. The van der Waals surface area contributed by atoms with Crippen molar-refractivity contribution in [2.24, 2.45) is 5.41 Å². The SMILES string of the molecule is CCN(CC)c1ccc(-c2nc3n(n2)C(c2cccs2)C2=C(CC(C)(C)CC2=O)N3)cc1. The van der Waals surface area contributed by atoms with Crippen molar-refractivity contribution in [1.82, 2.24) is 14.8 Å². The van der Waals surface area contributed by atoms with Gasteiger partial charge in [0, 0.05) is 46.9 Å². The minimum absolute atomic E-state index is 0.0613. The van der Waals surface area contributed by atoms with Crippen molar-refractivity contribution in [3.8, 4) is 11.4 Å². The van der Waals surface area contributed by atoms with E-state index in [4.69, 9.17) is 10.1 Å². The van der Waals surface area contributed by atoms with Crippen molar-refractivity contribution in [3.63, 3.8) is 0 Å². The van der Waals surface area contributed by atoms with Crippen molar-refractivity contribution >= 4 is 28.8 Å². The lowest BCUT2D eigenvalue weighted by Gasteiger charge is -2.37. The van der Waals surface area contributed by atoms with Crippen molar-refractivity contribution in [2.75, 3.05) is 23.3 Å². The van der Waals surface area contributed by atoms with Crippen LogP contribution in [0.15, 0.2) is 53.0 Å². The molecular formula is C25H29N5OS. The van der Waals surface area contributed by atoms with E-state index in [1.165, 1.54) is 5.69 Å². The highest BCUT2D eigenvalue weighted by Crippen LogP contribution is 2.46. The number of benzene rings is 1. The van der Waals surface area contributed by atoms with Gasteiger partial charge in [0.1, 0.15) is 6.04 Å². The molecule has 3 heterocycles. The van der Waals surface area contributed by atoms with Crippen LogP contribution in [0.2, 0.25) is 0 Å². The highest BCUT2D eigenvalue weighted by molar-refractivity contribution is 7.10. The second-order valence-electron chi connectivity index (χ2n) is 9.30. The molecule has 0 saturated carbocycles. The van der Waals surface area contributed by atoms with E-state index in [9.17, 15) is 4.79 Å². The third-order valence-electron chi connectivity index (χ3n) is 6.40. The number of nitrogens with one attached hydrogen (secondary N) is 1. The Bertz CT molecular complexity index is 1170. The van der Waals surface area contributed by atoms with E-state index in [0.717, 1.165) is 41.2 Å². The topological polar surface area (TPSA) is 63.1 Å². The Morgan fingerprint density at radius 1 is 1.16 bits per heavy atom. The molecule has 3 aromatic rings. The Kier molecular flexibility index (Phi) is 5.16. The van der Waals surface area contributed by atoms with Crippen LogP contribution < -0.4 is 10.2 Å². The van der Waals surface area contributed by atoms with E-state index in [1.807, 2.05) is 10.7 Å². The van der Waals surface area contributed by atoms with Gasteiger partial charge in [-0.2, -0.15) is 4.98 Å². The lowest BCUT2D eigenvalue weighted by atomic mass is 9.73. The summed E-state index contributed by atoms with van der Waals surface area (Å²) in [6.45, 7) is 10.6. The first-order chi connectivity index (χ1) is 15.4. The molecule has 7 heteroatoms. The second-order valence-corrected chi connectivity index (χ2v) is 10.3. The van der Waals surface area contributed by atoms with Crippen LogP contribution in [-0.4, -0.2) is 33.6 Å². The van der Waals surface area contributed by atoms with Crippen LogP contribution in [0.5, 0.6) is 0 Å². The Morgan fingerprint density at radius 2 is 1.91 bits per heavy atom. The maximum Gasteiger partial charge on any atom is 0.226 e. The zero-order chi connectivity index (χ0) is 22.5. The molecule has 0 saturated heterocycles. The van der Waals surface area contributed by atoms with Crippen molar-refractivity contribution < 1.29 is 4.79 Å². The molecule has 0 fully saturated rings. The van der Waals surface area contributed by atoms with Crippen LogP contribution in [0.1, 0.15) is 51.5 Å². The predicted octanol–water partition coefficient (Wildman–Crippen LogP) is 5.51. The normalized spacial score (nSPS) is 19.4. The van der Waals surface area contributed by atoms with Crippen LogP contribution in [0, 0.1) is 5.41 Å². The molecule has 1 unspecified atom stereocenters. The summed E-state index contributed by atoms with van der Waals surface area (Å²) in [5.41, 5.74) is 3.94. The molecule has 1 aliphatic heterocycles.